The summed E-state index contributed by atoms with van der Waals surface area (Å²) < 4.78 is 6.06. The second kappa shape index (κ2) is 9.92. The van der Waals surface area contributed by atoms with Crippen molar-refractivity contribution in [2.75, 3.05) is 31.6 Å². The molecule has 7 nitrogen and oxygen atoms in total. The molecule has 6 rings (SSSR count). The number of ketones is 1. The van der Waals surface area contributed by atoms with Crippen LogP contribution in [-0.2, 0) is 27.8 Å². The van der Waals surface area contributed by atoms with Gasteiger partial charge in [0.05, 0.1) is 17.2 Å². The summed E-state index contributed by atoms with van der Waals surface area (Å²) in [5.74, 6) is 1.83. The number of nitrogens with one attached hydrogen (secondary N) is 1. The first-order chi connectivity index (χ1) is 18.2. The lowest BCUT2D eigenvalue weighted by atomic mass is 9.63. The predicted molar refractivity (Wildman–Crippen MR) is 146 cm³/mol. The molecular formula is C30H36ClN3O4. The van der Waals surface area contributed by atoms with E-state index < -0.39 is 11.0 Å². The van der Waals surface area contributed by atoms with Crippen LogP contribution in [0.25, 0.3) is 0 Å². The lowest BCUT2D eigenvalue weighted by Gasteiger charge is -2.45. The molecule has 202 valence electrons. The lowest BCUT2D eigenvalue weighted by molar-refractivity contribution is -0.123. The molecule has 0 radical (unpaired) electrons. The number of aliphatic hydroxyl groups is 1. The number of likely N-dealkylation sites (tertiary alicyclic amines) is 1. The fourth-order valence-corrected chi connectivity index (χ4v) is 7.29. The molecule has 1 aromatic carbocycles. The number of amides is 1. The largest absolute Gasteiger partial charge is 0.491 e. The molecule has 1 spiro atoms. The molecule has 8 heteroatoms. The smallest absolute Gasteiger partial charge is 0.235 e. The van der Waals surface area contributed by atoms with Crippen LogP contribution in [0.1, 0.15) is 62.3 Å². The zero-order chi connectivity index (χ0) is 26.5. The van der Waals surface area contributed by atoms with Gasteiger partial charge in [-0.3, -0.25) is 19.5 Å². The summed E-state index contributed by atoms with van der Waals surface area (Å²) in [6.45, 7) is 4.81. The van der Waals surface area contributed by atoms with Crippen molar-refractivity contribution in [3.63, 3.8) is 0 Å². The number of hydrogen-bond acceptors (Lipinski definition) is 6. The van der Waals surface area contributed by atoms with Crippen molar-refractivity contribution < 1.29 is 19.4 Å². The third-order valence-corrected chi connectivity index (χ3v) is 9.54. The Morgan fingerprint density at radius 3 is 2.74 bits per heavy atom. The zero-order valence-corrected chi connectivity index (χ0v) is 22.7. The van der Waals surface area contributed by atoms with Gasteiger partial charge in [-0.2, -0.15) is 0 Å². The van der Waals surface area contributed by atoms with E-state index >= 15 is 0 Å². The van der Waals surface area contributed by atoms with Gasteiger partial charge in [0.25, 0.3) is 0 Å². The Hall–Kier alpha value is -2.48. The van der Waals surface area contributed by atoms with E-state index in [0.29, 0.717) is 42.1 Å². The van der Waals surface area contributed by atoms with Crippen LogP contribution >= 0.6 is 11.6 Å². The first-order valence-corrected chi connectivity index (χ1v) is 14.3. The molecule has 1 unspecified atom stereocenters. The van der Waals surface area contributed by atoms with Crippen molar-refractivity contribution in [1.29, 1.82) is 0 Å². The number of aromatic nitrogens is 1. The quantitative estimate of drug-likeness (QED) is 0.590. The molecule has 1 amide bonds. The fraction of sp³-hybridized carbons (Fsp3) is 0.567. The summed E-state index contributed by atoms with van der Waals surface area (Å²) >= 11 is 6.24. The van der Waals surface area contributed by atoms with E-state index in [0.717, 1.165) is 80.7 Å². The van der Waals surface area contributed by atoms with Crippen molar-refractivity contribution >= 4 is 29.0 Å². The van der Waals surface area contributed by atoms with Crippen LogP contribution in [0, 0.1) is 11.8 Å². The SMILES string of the molecule is C[C@]1(O)C[C@H](C2CCc3ncc(OCCN4CCC5(CC4)C(=O)Nc4ccc(Cl)cc45)cc3CC(=O)C2)C1. The van der Waals surface area contributed by atoms with Crippen LogP contribution in [0.5, 0.6) is 5.75 Å². The van der Waals surface area contributed by atoms with E-state index in [1.165, 1.54) is 0 Å². The van der Waals surface area contributed by atoms with E-state index in [1.807, 2.05) is 31.2 Å². The number of carbonyl (C=O) groups excluding carboxylic acids is 2. The average molecular weight is 538 g/mol. The van der Waals surface area contributed by atoms with E-state index in [9.17, 15) is 14.7 Å². The van der Waals surface area contributed by atoms with Gasteiger partial charge in [0, 0.05) is 35.8 Å². The molecular weight excluding hydrogens is 502 g/mol. The molecule has 2 aromatic rings. The van der Waals surface area contributed by atoms with Gasteiger partial charge in [0.2, 0.25) is 5.91 Å². The number of nitrogens with zero attached hydrogens (tertiary/aromatic N) is 2. The summed E-state index contributed by atoms with van der Waals surface area (Å²) in [4.78, 5) is 32.7. The van der Waals surface area contributed by atoms with Crippen molar-refractivity contribution in [1.82, 2.24) is 9.88 Å². The molecule has 1 saturated carbocycles. The second-order valence-corrected chi connectivity index (χ2v) is 12.5. The van der Waals surface area contributed by atoms with Crippen LogP contribution in [-0.4, -0.2) is 58.5 Å². The highest BCUT2D eigenvalue weighted by molar-refractivity contribution is 6.31. The van der Waals surface area contributed by atoms with Crippen LogP contribution in [0.3, 0.4) is 0 Å². The van der Waals surface area contributed by atoms with Crippen LogP contribution in [0.15, 0.2) is 30.5 Å². The third kappa shape index (κ3) is 4.96. The minimum absolute atomic E-state index is 0.0814. The zero-order valence-electron chi connectivity index (χ0n) is 22.0. The number of carbonyl (C=O) groups is 2. The van der Waals surface area contributed by atoms with Crippen molar-refractivity contribution in [3.05, 3.63) is 52.3 Å². The molecule has 1 aromatic heterocycles. The minimum Gasteiger partial charge on any atom is -0.491 e. The van der Waals surface area contributed by atoms with Gasteiger partial charge in [0.15, 0.2) is 0 Å². The topological polar surface area (TPSA) is 91.8 Å². The molecule has 4 aliphatic rings. The lowest BCUT2D eigenvalue weighted by Crippen LogP contribution is -2.47. The highest BCUT2D eigenvalue weighted by atomic mass is 35.5. The van der Waals surface area contributed by atoms with Crippen molar-refractivity contribution in [2.24, 2.45) is 11.8 Å². The Labute approximate surface area is 228 Å². The summed E-state index contributed by atoms with van der Waals surface area (Å²) in [5, 5.41) is 13.8. The van der Waals surface area contributed by atoms with E-state index in [4.69, 9.17) is 16.3 Å². The highest BCUT2D eigenvalue weighted by Crippen LogP contribution is 2.46. The summed E-state index contributed by atoms with van der Waals surface area (Å²) in [6, 6.07) is 7.64. The average Bonchev–Trinajstić information content (AvgIpc) is 3.11. The van der Waals surface area contributed by atoms with Crippen molar-refractivity contribution in [3.8, 4) is 5.75 Å². The molecule has 1 atom stereocenters. The maximum absolute atomic E-state index is 12.9. The normalized spacial score (nSPS) is 28.6. The standard InChI is InChI=1S/C30H36ClN3O4/c1-29(37)16-21(17-29)19-2-4-26-20(13-23(35)12-19)14-24(18-32-26)38-11-10-34-8-6-30(7-9-34)25-15-22(31)3-5-27(25)33-28(30)36/h3,5,14-15,18-19,21,37H,2,4,6-13,16-17H2,1H3,(H,33,36)/t19?,21-,29-. The molecule has 2 N–H and O–H groups in total. The van der Waals surface area contributed by atoms with Crippen LogP contribution in [0.4, 0.5) is 5.69 Å². The van der Waals surface area contributed by atoms with Gasteiger partial charge < -0.3 is 15.2 Å². The fourth-order valence-electron chi connectivity index (χ4n) is 7.11. The van der Waals surface area contributed by atoms with Crippen molar-refractivity contribution in [2.45, 2.75) is 69.3 Å². The Morgan fingerprint density at radius 2 is 1.97 bits per heavy atom. The number of rotatable bonds is 5. The molecule has 2 fully saturated rings. The van der Waals surface area contributed by atoms with Crippen LogP contribution < -0.4 is 10.1 Å². The number of benzene rings is 1. The summed E-state index contributed by atoms with van der Waals surface area (Å²) in [5.41, 5.74) is 2.85. The number of anilines is 1. The Kier molecular flexibility index (Phi) is 6.73. The highest BCUT2D eigenvalue weighted by Gasteiger charge is 2.48. The number of piperidine rings is 1. The molecule has 2 aliphatic carbocycles. The number of pyridine rings is 1. The number of ether oxygens (including phenoxy) is 1. The number of fused-ring (bicyclic) bond motifs is 3. The summed E-state index contributed by atoms with van der Waals surface area (Å²) in [6.07, 6.45) is 7.69. The number of aryl methyl sites for hydroxylation is 1. The van der Waals surface area contributed by atoms with E-state index in [2.05, 4.69) is 15.2 Å². The van der Waals surface area contributed by atoms with Gasteiger partial charge in [-0.1, -0.05) is 11.6 Å². The Balaban J connectivity index is 1.02. The van der Waals surface area contributed by atoms with Crippen LogP contribution in [0.2, 0.25) is 5.02 Å². The molecule has 38 heavy (non-hydrogen) atoms. The van der Waals surface area contributed by atoms with Gasteiger partial charge in [-0.15, -0.1) is 0 Å². The molecule has 0 bridgehead atoms. The number of halogens is 1. The van der Waals surface area contributed by atoms with E-state index in [1.54, 1.807) is 6.20 Å². The first kappa shape index (κ1) is 25.8. The molecule has 2 aliphatic heterocycles. The van der Waals surface area contributed by atoms with E-state index in [-0.39, 0.29) is 11.7 Å². The predicted octanol–water partition coefficient (Wildman–Crippen LogP) is 4.32. The molecule has 1 saturated heterocycles. The van der Waals surface area contributed by atoms with Gasteiger partial charge in [0.1, 0.15) is 18.1 Å². The Bertz CT molecular complexity index is 1250. The monoisotopic (exact) mass is 537 g/mol. The number of hydrogen-bond donors (Lipinski definition) is 2. The third-order valence-electron chi connectivity index (χ3n) is 9.30. The number of Topliss-reactive ketones (excluding diaryl/α,β-unsaturated/α-hetero) is 1. The summed E-state index contributed by atoms with van der Waals surface area (Å²) in [7, 11) is 0. The molecule has 3 heterocycles. The maximum atomic E-state index is 12.9. The second-order valence-electron chi connectivity index (χ2n) is 12.1. The Morgan fingerprint density at radius 1 is 1.18 bits per heavy atom. The van der Waals surface area contributed by atoms with Gasteiger partial charge >= 0.3 is 0 Å². The van der Waals surface area contributed by atoms with Gasteiger partial charge in [-0.05, 0) is 106 Å². The first-order valence-electron chi connectivity index (χ1n) is 13.9. The maximum Gasteiger partial charge on any atom is 0.235 e. The minimum atomic E-state index is -0.557. The van der Waals surface area contributed by atoms with Gasteiger partial charge in [-0.25, -0.2) is 0 Å².